The number of amides is 1. The van der Waals surface area contributed by atoms with E-state index in [2.05, 4.69) is 41.0 Å². The maximum atomic E-state index is 12.7. The number of piperazine rings is 1. The number of aliphatic imine (C=N–C) groups is 1. The number of aromatic nitrogens is 2. The van der Waals surface area contributed by atoms with Gasteiger partial charge >= 0.3 is 0 Å². The Bertz CT molecular complexity index is 712. The van der Waals surface area contributed by atoms with Crippen LogP contribution in [0.25, 0.3) is 0 Å². The Morgan fingerprint density at radius 2 is 1.97 bits per heavy atom. The van der Waals surface area contributed by atoms with Crippen LogP contribution in [0.3, 0.4) is 0 Å². The van der Waals surface area contributed by atoms with Gasteiger partial charge in [-0.2, -0.15) is 5.10 Å². The smallest absolute Gasteiger partial charge is 0.246 e. The molecule has 3 heterocycles. The number of halogens is 1. The predicted molar refractivity (Wildman–Crippen MR) is 137 cm³/mol. The van der Waals surface area contributed by atoms with Crippen molar-refractivity contribution in [2.75, 3.05) is 57.3 Å². The lowest BCUT2D eigenvalue weighted by Crippen LogP contribution is -2.55. The highest BCUT2D eigenvalue weighted by Crippen LogP contribution is 2.21. The molecule has 2 unspecified atom stereocenters. The summed E-state index contributed by atoms with van der Waals surface area (Å²) in [4.78, 5) is 24.0. The first-order valence-corrected chi connectivity index (χ1v) is 11.5. The van der Waals surface area contributed by atoms with Gasteiger partial charge in [-0.05, 0) is 44.6 Å². The van der Waals surface area contributed by atoms with Crippen LogP contribution in [0.2, 0.25) is 0 Å². The van der Waals surface area contributed by atoms with Gasteiger partial charge < -0.3 is 20.0 Å². The Kier molecular flexibility index (Phi) is 10.5. The Balaban J connectivity index is 0.00000341. The highest BCUT2D eigenvalue weighted by molar-refractivity contribution is 14.0. The van der Waals surface area contributed by atoms with Crippen LogP contribution in [0.4, 0.5) is 5.69 Å². The molecule has 3 rings (SSSR count). The molecule has 2 atom stereocenters. The Labute approximate surface area is 204 Å². The summed E-state index contributed by atoms with van der Waals surface area (Å²) in [5, 5.41) is 7.54. The zero-order valence-electron chi connectivity index (χ0n) is 19.6. The van der Waals surface area contributed by atoms with Gasteiger partial charge in [0.1, 0.15) is 6.54 Å². The molecule has 31 heavy (non-hydrogen) atoms. The Hall–Kier alpha value is -1.36. The van der Waals surface area contributed by atoms with Gasteiger partial charge in [-0.3, -0.25) is 14.5 Å². The minimum absolute atomic E-state index is 0. The van der Waals surface area contributed by atoms with E-state index in [0.29, 0.717) is 13.1 Å². The summed E-state index contributed by atoms with van der Waals surface area (Å²) in [6, 6.07) is 0. The van der Waals surface area contributed by atoms with E-state index in [0.717, 1.165) is 49.5 Å². The van der Waals surface area contributed by atoms with E-state index in [-0.39, 0.29) is 29.9 Å². The first-order chi connectivity index (χ1) is 14.5. The quantitative estimate of drug-likeness (QED) is 0.247. The van der Waals surface area contributed by atoms with Gasteiger partial charge in [-0.15, -0.1) is 24.0 Å². The molecule has 0 spiro atoms. The number of likely N-dealkylation sites (tertiary alicyclic amines) is 1. The Morgan fingerprint density at radius 1 is 1.23 bits per heavy atom. The molecule has 2 fully saturated rings. The normalized spacial score (nSPS) is 23.1. The summed E-state index contributed by atoms with van der Waals surface area (Å²) in [5.74, 6) is 2.58. The van der Waals surface area contributed by atoms with Gasteiger partial charge in [0.25, 0.3) is 0 Å². The van der Waals surface area contributed by atoms with Gasteiger partial charge in [-0.1, -0.05) is 13.8 Å². The SMILES string of the molecule is CCNC(=NCCCCN1CC(C)CC(C)C1)N1CCN(c2cnn(C)c2)C(=O)C1.I. The third kappa shape index (κ3) is 7.62. The van der Waals surface area contributed by atoms with Crippen molar-refractivity contribution >= 4 is 41.5 Å². The highest BCUT2D eigenvalue weighted by atomic mass is 127. The van der Waals surface area contributed by atoms with Crippen LogP contribution in [0.1, 0.15) is 40.0 Å². The van der Waals surface area contributed by atoms with Gasteiger partial charge in [0.2, 0.25) is 5.91 Å². The minimum Gasteiger partial charge on any atom is -0.357 e. The number of aryl methyl sites for hydroxylation is 1. The number of piperidine rings is 1. The maximum absolute atomic E-state index is 12.7. The van der Waals surface area contributed by atoms with Crippen molar-refractivity contribution in [1.82, 2.24) is 24.9 Å². The third-order valence-electron chi connectivity index (χ3n) is 5.95. The number of rotatable bonds is 7. The molecule has 1 aromatic heterocycles. The first kappa shape index (κ1) is 25.9. The first-order valence-electron chi connectivity index (χ1n) is 11.5. The van der Waals surface area contributed by atoms with Crippen molar-refractivity contribution in [3.8, 4) is 0 Å². The number of nitrogens with one attached hydrogen (secondary N) is 1. The minimum atomic E-state index is 0. The summed E-state index contributed by atoms with van der Waals surface area (Å²) in [7, 11) is 1.87. The lowest BCUT2D eigenvalue weighted by molar-refractivity contribution is -0.120. The average molecular weight is 546 g/mol. The molecule has 0 bridgehead atoms. The average Bonchev–Trinajstić information content (AvgIpc) is 3.12. The van der Waals surface area contributed by atoms with Crippen LogP contribution in [0.15, 0.2) is 17.4 Å². The number of carbonyl (C=O) groups is 1. The lowest BCUT2D eigenvalue weighted by Gasteiger charge is -2.35. The maximum Gasteiger partial charge on any atom is 0.246 e. The number of hydrogen-bond donors (Lipinski definition) is 1. The molecule has 2 aliphatic heterocycles. The molecular formula is C22H40IN7O. The van der Waals surface area contributed by atoms with Crippen molar-refractivity contribution in [3.63, 3.8) is 0 Å². The lowest BCUT2D eigenvalue weighted by atomic mass is 9.92. The van der Waals surface area contributed by atoms with Gasteiger partial charge in [0.15, 0.2) is 5.96 Å². The molecular weight excluding hydrogens is 505 g/mol. The van der Waals surface area contributed by atoms with E-state index in [1.165, 1.54) is 32.5 Å². The molecule has 1 aromatic rings. The molecule has 176 valence electrons. The summed E-state index contributed by atoms with van der Waals surface area (Å²) in [6.45, 7) is 13.8. The van der Waals surface area contributed by atoms with E-state index in [1.807, 2.05) is 18.1 Å². The molecule has 0 aromatic carbocycles. The number of carbonyl (C=O) groups excluding carboxylic acids is 1. The molecule has 8 nitrogen and oxygen atoms in total. The molecule has 1 amide bonds. The largest absolute Gasteiger partial charge is 0.357 e. The van der Waals surface area contributed by atoms with E-state index < -0.39 is 0 Å². The monoisotopic (exact) mass is 545 g/mol. The molecule has 1 N–H and O–H groups in total. The fraction of sp³-hybridized carbons (Fsp3) is 0.773. The van der Waals surface area contributed by atoms with Gasteiger partial charge in [0, 0.05) is 52.5 Å². The van der Waals surface area contributed by atoms with Crippen LogP contribution < -0.4 is 10.2 Å². The predicted octanol–water partition coefficient (Wildman–Crippen LogP) is 2.41. The highest BCUT2D eigenvalue weighted by Gasteiger charge is 2.27. The standard InChI is InChI=1S/C22H39N7O.HI/c1-5-23-22(24-8-6-7-9-27-14-18(2)12-19(3)15-27)28-10-11-29(21(30)17-28)20-13-25-26(4)16-20;/h13,16,18-19H,5-12,14-15,17H2,1-4H3,(H,23,24);1H. The molecule has 0 radical (unpaired) electrons. The fourth-order valence-corrected chi connectivity index (χ4v) is 4.71. The zero-order chi connectivity index (χ0) is 21.5. The van der Waals surface area contributed by atoms with E-state index in [4.69, 9.17) is 4.99 Å². The summed E-state index contributed by atoms with van der Waals surface area (Å²) in [5.41, 5.74) is 0.866. The van der Waals surface area contributed by atoms with E-state index in [9.17, 15) is 4.79 Å². The van der Waals surface area contributed by atoms with Crippen LogP contribution in [-0.2, 0) is 11.8 Å². The van der Waals surface area contributed by atoms with Crippen molar-refractivity contribution in [2.45, 2.75) is 40.0 Å². The number of anilines is 1. The second-order valence-corrected chi connectivity index (χ2v) is 8.99. The van der Waals surface area contributed by atoms with Crippen molar-refractivity contribution in [3.05, 3.63) is 12.4 Å². The summed E-state index contributed by atoms with van der Waals surface area (Å²) < 4.78 is 1.73. The van der Waals surface area contributed by atoms with Crippen molar-refractivity contribution in [1.29, 1.82) is 0 Å². The third-order valence-corrected chi connectivity index (χ3v) is 5.95. The number of unbranched alkanes of at least 4 members (excludes halogenated alkanes) is 1. The zero-order valence-corrected chi connectivity index (χ0v) is 21.9. The van der Waals surface area contributed by atoms with Gasteiger partial charge in [-0.25, -0.2) is 0 Å². The summed E-state index contributed by atoms with van der Waals surface area (Å²) >= 11 is 0. The summed E-state index contributed by atoms with van der Waals surface area (Å²) in [6.07, 6.45) is 7.25. The second-order valence-electron chi connectivity index (χ2n) is 8.99. The molecule has 2 aliphatic rings. The van der Waals surface area contributed by atoms with Crippen LogP contribution in [0.5, 0.6) is 0 Å². The fourth-order valence-electron chi connectivity index (χ4n) is 4.71. The topological polar surface area (TPSA) is 69.0 Å². The number of guanidine groups is 1. The molecule has 0 saturated carbocycles. The molecule has 9 heteroatoms. The van der Waals surface area contributed by atoms with Gasteiger partial charge in [0.05, 0.1) is 11.9 Å². The molecule has 2 saturated heterocycles. The molecule has 0 aliphatic carbocycles. The van der Waals surface area contributed by atoms with Crippen LogP contribution in [-0.4, -0.2) is 83.8 Å². The van der Waals surface area contributed by atoms with Crippen LogP contribution >= 0.6 is 24.0 Å². The van der Waals surface area contributed by atoms with Crippen LogP contribution in [0, 0.1) is 11.8 Å². The number of hydrogen-bond acceptors (Lipinski definition) is 4. The van der Waals surface area contributed by atoms with Crippen molar-refractivity contribution in [2.24, 2.45) is 23.9 Å². The van der Waals surface area contributed by atoms with E-state index in [1.54, 1.807) is 10.9 Å². The number of nitrogens with zero attached hydrogens (tertiary/aromatic N) is 6. The van der Waals surface area contributed by atoms with Crippen molar-refractivity contribution < 1.29 is 4.79 Å². The Morgan fingerprint density at radius 3 is 2.58 bits per heavy atom. The van der Waals surface area contributed by atoms with E-state index >= 15 is 0 Å². The second kappa shape index (κ2) is 12.6.